The van der Waals surface area contributed by atoms with E-state index in [2.05, 4.69) is 31.5 Å². The van der Waals surface area contributed by atoms with Gasteiger partial charge in [-0.2, -0.15) is 0 Å². The molecule has 84 valence electrons. The zero-order chi connectivity index (χ0) is 11.5. The molecule has 0 saturated carbocycles. The lowest BCUT2D eigenvalue weighted by molar-refractivity contribution is 0.616. The lowest BCUT2D eigenvalue weighted by Gasteiger charge is -2.02. The Morgan fingerprint density at radius 3 is 2.94 bits per heavy atom. The van der Waals surface area contributed by atoms with E-state index in [0.29, 0.717) is 16.5 Å². The quantitative estimate of drug-likeness (QED) is 0.817. The van der Waals surface area contributed by atoms with Gasteiger partial charge in [0.1, 0.15) is 5.82 Å². The molecular formula is C9H8BrFN4S. The zero-order valence-electron chi connectivity index (χ0n) is 8.39. The van der Waals surface area contributed by atoms with Crippen LogP contribution in [0.2, 0.25) is 0 Å². The van der Waals surface area contributed by atoms with Crippen LogP contribution in [0.25, 0.3) is 0 Å². The van der Waals surface area contributed by atoms with Crippen molar-refractivity contribution in [3.05, 3.63) is 34.1 Å². The maximum Gasteiger partial charge on any atom is 0.209 e. The molecule has 7 heteroatoms. The lowest BCUT2D eigenvalue weighted by Crippen LogP contribution is -1.94. The van der Waals surface area contributed by atoms with E-state index in [1.807, 2.05) is 6.07 Å². The molecule has 16 heavy (non-hydrogen) atoms. The van der Waals surface area contributed by atoms with Crippen molar-refractivity contribution in [2.24, 2.45) is 7.05 Å². The molecular weight excluding hydrogens is 295 g/mol. The summed E-state index contributed by atoms with van der Waals surface area (Å²) in [6, 6.07) is 5.01. The summed E-state index contributed by atoms with van der Waals surface area (Å²) in [5.41, 5.74) is 0.635. The molecule has 0 fully saturated rings. The van der Waals surface area contributed by atoms with E-state index in [4.69, 9.17) is 0 Å². The van der Waals surface area contributed by atoms with Gasteiger partial charge < -0.3 is 0 Å². The van der Waals surface area contributed by atoms with Gasteiger partial charge in [0, 0.05) is 17.3 Å². The highest BCUT2D eigenvalue weighted by molar-refractivity contribution is 9.10. The Morgan fingerprint density at radius 1 is 1.50 bits per heavy atom. The molecule has 0 aliphatic carbocycles. The second kappa shape index (κ2) is 4.92. The number of halogens is 2. The minimum absolute atomic E-state index is 0.225. The van der Waals surface area contributed by atoms with Crippen molar-refractivity contribution in [1.82, 2.24) is 20.2 Å². The molecule has 0 amide bonds. The van der Waals surface area contributed by atoms with Gasteiger partial charge >= 0.3 is 0 Å². The molecule has 1 aromatic carbocycles. The Hall–Kier alpha value is -0.950. The van der Waals surface area contributed by atoms with Crippen LogP contribution in [-0.4, -0.2) is 20.2 Å². The van der Waals surface area contributed by atoms with E-state index in [1.165, 1.54) is 17.8 Å². The molecule has 4 nitrogen and oxygen atoms in total. The standard InChI is InChI=1S/C9H8BrFN4S/c1-15-9(12-13-14-15)16-5-6-2-3-7(10)4-8(6)11/h2-4H,5H2,1H3. The predicted molar refractivity (Wildman–Crippen MR) is 62.5 cm³/mol. The van der Waals surface area contributed by atoms with Crippen molar-refractivity contribution in [2.45, 2.75) is 10.9 Å². The Balaban J connectivity index is 2.08. The Bertz CT molecular complexity index is 502. The van der Waals surface area contributed by atoms with E-state index in [-0.39, 0.29) is 5.82 Å². The fourth-order valence-electron chi connectivity index (χ4n) is 1.12. The molecule has 2 rings (SSSR count). The number of aryl methyl sites for hydroxylation is 1. The van der Waals surface area contributed by atoms with Gasteiger partial charge in [-0.25, -0.2) is 9.07 Å². The molecule has 2 aromatic rings. The summed E-state index contributed by atoms with van der Waals surface area (Å²) >= 11 is 4.61. The highest BCUT2D eigenvalue weighted by atomic mass is 79.9. The fourth-order valence-corrected chi connectivity index (χ4v) is 2.29. The molecule has 0 unspecified atom stereocenters. The first kappa shape index (κ1) is 11.5. The number of thioether (sulfide) groups is 1. The molecule has 0 bridgehead atoms. The summed E-state index contributed by atoms with van der Waals surface area (Å²) in [4.78, 5) is 0. The molecule has 1 aromatic heterocycles. The molecule has 0 N–H and O–H groups in total. The largest absolute Gasteiger partial charge is 0.224 e. The van der Waals surface area contributed by atoms with Crippen LogP contribution < -0.4 is 0 Å². The van der Waals surface area contributed by atoms with Gasteiger partial charge in [-0.05, 0) is 28.1 Å². The molecule has 1 heterocycles. The van der Waals surface area contributed by atoms with Gasteiger partial charge in [0.2, 0.25) is 5.16 Å². The third-order valence-corrected chi connectivity index (χ3v) is 3.51. The normalized spacial score (nSPS) is 10.7. The highest BCUT2D eigenvalue weighted by Crippen LogP contribution is 2.23. The number of aromatic nitrogens is 4. The van der Waals surface area contributed by atoms with E-state index in [1.54, 1.807) is 17.8 Å². The Morgan fingerprint density at radius 2 is 2.31 bits per heavy atom. The number of rotatable bonds is 3. The van der Waals surface area contributed by atoms with Crippen LogP contribution in [-0.2, 0) is 12.8 Å². The first-order chi connectivity index (χ1) is 7.66. The van der Waals surface area contributed by atoms with E-state index in [0.717, 1.165) is 4.47 Å². The summed E-state index contributed by atoms with van der Waals surface area (Å²) in [7, 11) is 1.75. The first-order valence-electron chi connectivity index (χ1n) is 4.46. The Labute approximate surface area is 104 Å². The molecule has 0 saturated heterocycles. The van der Waals surface area contributed by atoms with Gasteiger partial charge in [0.15, 0.2) is 0 Å². The zero-order valence-corrected chi connectivity index (χ0v) is 10.8. The maximum atomic E-state index is 13.5. The van der Waals surface area contributed by atoms with Crippen molar-refractivity contribution < 1.29 is 4.39 Å². The highest BCUT2D eigenvalue weighted by Gasteiger charge is 2.07. The SMILES string of the molecule is Cn1nnnc1SCc1ccc(Br)cc1F. The number of benzene rings is 1. The minimum atomic E-state index is -0.225. The predicted octanol–water partition coefficient (Wildman–Crippen LogP) is 2.40. The fraction of sp³-hybridized carbons (Fsp3) is 0.222. The van der Waals surface area contributed by atoms with Crippen LogP contribution in [0.5, 0.6) is 0 Å². The Kier molecular flexibility index (Phi) is 3.55. The van der Waals surface area contributed by atoms with Crippen LogP contribution in [0.4, 0.5) is 4.39 Å². The van der Waals surface area contributed by atoms with Crippen molar-refractivity contribution >= 4 is 27.7 Å². The van der Waals surface area contributed by atoms with Crippen LogP contribution in [0.15, 0.2) is 27.8 Å². The first-order valence-corrected chi connectivity index (χ1v) is 6.24. The number of nitrogens with zero attached hydrogens (tertiary/aromatic N) is 4. The smallest absolute Gasteiger partial charge is 0.209 e. The topological polar surface area (TPSA) is 43.6 Å². The summed E-state index contributed by atoms with van der Waals surface area (Å²) in [5, 5.41) is 11.7. The van der Waals surface area contributed by atoms with Crippen molar-refractivity contribution in [1.29, 1.82) is 0 Å². The van der Waals surface area contributed by atoms with Gasteiger partial charge in [-0.3, -0.25) is 0 Å². The minimum Gasteiger partial charge on any atom is -0.224 e. The van der Waals surface area contributed by atoms with Crippen LogP contribution in [0.1, 0.15) is 5.56 Å². The molecule has 0 aliphatic heterocycles. The average Bonchev–Trinajstić information content (AvgIpc) is 2.63. The van der Waals surface area contributed by atoms with Crippen LogP contribution in [0.3, 0.4) is 0 Å². The maximum absolute atomic E-state index is 13.5. The number of hydrogen-bond donors (Lipinski definition) is 0. The molecule has 0 spiro atoms. The number of hydrogen-bond acceptors (Lipinski definition) is 4. The van der Waals surface area contributed by atoms with Crippen LogP contribution in [0, 0.1) is 5.82 Å². The van der Waals surface area contributed by atoms with Crippen molar-refractivity contribution in [3.8, 4) is 0 Å². The van der Waals surface area contributed by atoms with Gasteiger partial charge in [-0.15, -0.1) is 5.10 Å². The number of tetrazole rings is 1. The second-order valence-electron chi connectivity index (χ2n) is 3.11. The average molecular weight is 303 g/mol. The summed E-state index contributed by atoms with van der Waals surface area (Å²) in [6.45, 7) is 0. The summed E-state index contributed by atoms with van der Waals surface area (Å²) in [5.74, 6) is 0.282. The van der Waals surface area contributed by atoms with E-state index < -0.39 is 0 Å². The monoisotopic (exact) mass is 302 g/mol. The summed E-state index contributed by atoms with van der Waals surface area (Å²) < 4.78 is 15.8. The lowest BCUT2D eigenvalue weighted by atomic mass is 10.2. The summed E-state index contributed by atoms with van der Waals surface area (Å²) in [6.07, 6.45) is 0. The van der Waals surface area contributed by atoms with E-state index in [9.17, 15) is 4.39 Å². The van der Waals surface area contributed by atoms with Gasteiger partial charge in [-0.1, -0.05) is 33.8 Å². The van der Waals surface area contributed by atoms with Crippen molar-refractivity contribution in [3.63, 3.8) is 0 Å². The molecule has 0 radical (unpaired) electrons. The van der Waals surface area contributed by atoms with Crippen molar-refractivity contribution in [2.75, 3.05) is 0 Å². The van der Waals surface area contributed by atoms with E-state index >= 15 is 0 Å². The third kappa shape index (κ3) is 2.59. The van der Waals surface area contributed by atoms with Gasteiger partial charge in [0.05, 0.1) is 0 Å². The molecule has 0 atom stereocenters. The van der Waals surface area contributed by atoms with Gasteiger partial charge in [0.25, 0.3) is 0 Å². The van der Waals surface area contributed by atoms with Crippen LogP contribution >= 0.6 is 27.7 Å². The molecule has 0 aliphatic rings. The third-order valence-electron chi connectivity index (χ3n) is 1.95. The second-order valence-corrected chi connectivity index (χ2v) is 4.97.